The van der Waals surface area contributed by atoms with Crippen LogP contribution in [0.25, 0.3) is 28.0 Å². The van der Waals surface area contributed by atoms with Gasteiger partial charge < -0.3 is 9.72 Å². The predicted octanol–water partition coefficient (Wildman–Crippen LogP) is 4.33. The first-order valence-corrected chi connectivity index (χ1v) is 9.21. The Morgan fingerprint density at radius 1 is 0.778 bits per heavy atom. The molecule has 4 nitrogen and oxygen atoms in total. The summed E-state index contributed by atoms with van der Waals surface area (Å²) in [4.78, 5) is 9.25. The number of fused-ring (bicyclic) bond motifs is 1. The zero-order valence-electron chi connectivity index (χ0n) is 15.2. The predicted molar refractivity (Wildman–Crippen MR) is 110 cm³/mol. The maximum absolute atomic E-state index is 4.78. The van der Waals surface area contributed by atoms with E-state index >= 15 is 0 Å². The standard InChI is InChI=1S/C23H20N4/c1-16-2-4-17(5-3-16)20-10-11-22-26-21(15-27(22)14-20)18-6-8-19(9-7-18)23-24-12-13-25-23/h2-11,14-15H,12-13H2,1H3,(H,24,25). The first-order valence-electron chi connectivity index (χ1n) is 9.21. The van der Waals surface area contributed by atoms with E-state index in [-0.39, 0.29) is 0 Å². The molecule has 3 heterocycles. The van der Waals surface area contributed by atoms with Crippen molar-refractivity contribution in [3.8, 4) is 22.4 Å². The van der Waals surface area contributed by atoms with Crippen LogP contribution in [0.5, 0.6) is 0 Å². The first-order chi connectivity index (χ1) is 13.3. The fourth-order valence-corrected chi connectivity index (χ4v) is 3.44. The van der Waals surface area contributed by atoms with Crippen LogP contribution in [-0.4, -0.2) is 28.3 Å². The van der Waals surface area contributed by atoms with Crippen LogP contribution in [0.15, 0.2) is 78.0 Å². The van der Waals surface area contributed by atoms with E-state index in [2.05, 4.69) is 94.7 Å². The van der Waals surface area contributed by atoms with Gasteiger partial charge in [0.1, 0.15) is 11.5 Å². The number of hydrogen-bond acceptors (Lipinski definition) is 3. The Morgan fingerprint density at radius 2 is 1.48 bits per heavy atom. The van der Waals surface area contributed by atoms with Gasteiger partial charge in [0.2, 0.25) is 0 Å². The van der Waals surface area contributed by atoms with Gasteiger partial charge in [-0.25, -0.2) is 4.98 Å². The van der Waals surface area contributed by atoms with Crippen molar-refractivity contribution in [1.29, 1.82) is 0 Å². The highest BCUT2D eigenvalue weighted by Gasteiger charge is 2.10. The van der Waals surface area contributed by atoms with Crippen LogP contribution in [0.2, 0.25) is 0 Å². The molecule has 0 radical (unpaired) electrons. The Hall–Kier alpha value is -3.40. The Labute approximate surface area is 158 Å². The van der Waals surface area contributed by atoms with Crippen molar-refractivity contribution < 1.29 is 0 Å². The van der Waals surface area contributed by atoms with Gasteiger partial charge in [-0.1, -0.05) is 54.1 Å². The highest BCUT2D eigenvalue weighted by atomic mass is 15.1. The van der Waals surface area contributed by atoms with Gasteiger partial charge in [0.15, 0.2) is 0 Å². The number of hydrogen-bond donors (Lipinski definition) is 1. The maximum atomic E-state index is 4.78. The first kappa shape index (κ1) is 15.8. The number of nitrogens with one attached hydrogen (secondary N) is 1. The third kappa shape index (κ3) is 2.99. The minimum Gasteiger partial charge on any atom is -0.368 e. The molecule has 1 N–H and O–H groups in total. The second-order valence-corrected chi connectivity index (χ2v) is 6.91. The lowest BCUT2D eigenvalue weighted by molar-refractivity contribution is 0.960. The second-order valence-electron chi connectivity index (χ2n) is 6.91. The van der Waals surface area contributed by atoms with Crippen LogP contribution in [0, 0.1) is 6.92 Å². The van der Waals surface area contributed by atoms with E-state index < -0.39 is 0 Å². The molecule has 132 valence electrons. The van der Waals surface area contributed by atoms with Crippen molar-refractivity contribution in [1.82, 2.24) is 14.7 Å². The van der Waals surface area contributed by atoms with Crippen molar-refractivity contribution in [3.63, 3.8) is 0 Å². The molecule has 0 saturated carbocycles. The number of nitrogens with zero attached hydrogens (tertiary/aromatic N) is 3. The van der Waals surface area contributed by atoms with Gasteiger partial charge in [0, 0.05) is 30.1 Å². The summed E-state index contributed by atoms with van der Waals surface area (Å²) in [6, 6.07) is 21.2. The maximum Gasteiger partial charge on any atom is 0.137 e. The van der Waals surface area contributed by atoms with Crippen LogP contribution in [0.4, 0.5) is 0 Å². The normalized spacial score (nSPS) is 13.6. The zero-order valence-corrected chi connectivity index (χ0v) is 15.2. The molecule has 0 bridgehead atoms. The Balaban J connectivity index is 1.48. The quantitative estimate of drug-likeness (QED) is 0.596. The SMILES string of the molecule is Cc1ccc(-c2ccc3nc(-c4ccc(C5=NCCN5)cc4)cn3c2)cc1. The smallest absolute Gasteiger partial charge is 0.137 e. The Kier molecular flexibility index (Phi) is 3.75. The van der Waals surface area contributed by atoms with Gasteiger partial charge in [-0.2, -0.15) is 0 Å². The number of aryl methyl sites for hydroxylation is 1. The number of rotatable bonds is 3. The molecule has 0 unspecified atom stereocenters. The molecule has 5 rings (SSSR count). The third-order valence-electron chi connectivity index (χ3n) is 4.96. The lowest BCUT2D eigenvalue weighted by Gasteiger charge is -2.03. The topological polar surface area (TPSA) is 41.7 Å². The molecular weight excluding hydrogens is 332 g/mol. The van der Waals surface area contributed by atoms with Gasteiger partial charge in [0.05, 0.1) is 12.2 Å². The summed E-state index contributed by atoms with van der Waals surface area (Å²) in [6.07, 6.45) is 4.23. The minimum atomic E-state index is 0.854. The molecule has 2 aromatic carbocycles. The third-order valence-corrected chi connectivity index (χ3v) is 4.96. The molecule has 1 aliphatic heterocycles. The number of benzene rings is 2. The number of amidine groups is 1. The molecule has 0 atom stereocenters. The monoisotopic (exact) mass is 352 g/mol. The average Bonchev–Trinajstić information content (AvgIpc) is 3.38. The van der Waals surface area contributed by atoms with Crippen molar-refractivity contribution in [2.75, 3.05) is 13.1 Å². The summed E-state index contributed by atoms with van der Waals surface area (Å²) in [5.41, 5.74) is 7.83. The zero-order chi connectivity index (χ0) is 18.2. The van der Waals surface area contributed by atoms with Gasteiger partial charge in [-0.05, 0) is 30.2 Å². The van der Waals surface area contributed by atoms with Crippen molar-refractivity contribution >= 4 is 11.5 Å². The van der Waals surface area contributed by atoms with E-state index in [0.717, 1.165) is 41.4 Å². The summed E-state index contributed by atoms with van der Waals surface area (Å²) in [5.74, 6) is 0.985. The molecule has 4 aromatic rings. The Bertz CT molecular complexity index is 1140. The van der Waals surface area contributed by atoms with Crippen LogP contribution in [-0.2, 0) is 0 Å². The van der Waals surface area contributed by atoms with E-state index in [9.17, 15) is 0 Å². The van der Waals surface area contributed by atoms with E-state index in [1.807, 2.05) is 0 Å². The van der Waals surface area contributed by atoms with E-state index in [0.29, 0.717) is 0 Å². The summed E-state index contributed by atoms with van der Waals surface area (Å²) >= 11 is 0. The number of aromatic nitrogens is 2. The largest absolute Gasteiger partial charge is 0.368 e. The van der Waals surface area contributed by atoms with Gasteiger partial charge >= 0.3 is 0 Å². The summed E-state index contributed by atoms with van der Waals surface area (Å²) in [7, 11) is 0. The molecular formula is C23H20N4. The molecule has 27 heavy (non-hydrogen) atoms. The summed E-state index contributed by atoms with van der Waals surface area (Å²) in [5, 5.41) is 3.31. The lowest BCUT2D eigenvalue weighted by atomic mass is 10.1. The van der Waals surface area contributed by atoms with E-state index in [1.165, 1.54) is 16.7 Å². The fraction of sp³-hybridized carbons (Fsp3) is 0.130. The highest BCUT2D eigenvalue weighted by molar-refractivity contribution is 6.00. The van der Waals surface area contributed by atoms with Crippen molar-refractivity contribution in [3.05, 3.63) is 84.2 Å². The van der Waals surface area contributed by atoms with Crippen molar-refractivity contribution in [2.45, 2.75) is 6.92 Å². The van der Waals surface area contributed by atoms with Gasteiger partial charge in [-0.3, -0.25) is 4.99 Å². The molecule has 4 heteroatoms. The minimum absolute atomic E-state index is 0.854. The molecule has 2 aromatic heterocycles. The Morgan fingerprint density at radius 3 is 2.22 bits per heavy atom. The highest BCUT2D eigenvalue weighted by Crippen LogP contribution is 2.24. The molecule has 0 saturated heterocycles. The van der Waals surface area contributed by atoms with Crippen LogP contribution in [0.3, 0.4) is 0 Å². The molecule has 0 aliphatic carbocycles. The molecule has 1 aliphatic rings. The van der Waals surface area contributed by atoms with Crippen LogP contribution in [0.1, 0.15) is 11.1 Å². The van der Waals surface area contributed by atoms with E-state index in [4.69, 9.17) is 4.98 Å². The second kappa shape index (κ2) is 6.40. The van der Waals surface area contributed by atoms with Gasteiger partial charge in [0.25, 0.3) is 0 Å². The molecule has 0 fully saturated rings. The number of aliphatic imine (C=N–C) groups is 1. The average molecular weight is 352 g/mol. The summed E-state index contributed by atoms with van der Waals surface area (Å²) in [6.45, 7) is 3.88. The van der Waals surface area contributed by atoms with Crippen LogP contribution < -0.4 is 5.32 Å². The number of imidazole rings is 1. The molecule has 0 amide bonds. The molecule has 0 spiro atoms. The van der Waals surface area contributed by atoms with E-state index in [1.54, 1.807) is 0 Å². The fourth-order valence-electron chi connectivity index (χ4n) is 3.44. The summed E-state index contributed by atoms with van der Waals surface area (Å²) < 4.78 is 2.10. The van der Waals surface area contributed by atoms with Gasteiger partial charge in [-0.15, -0.1) is 0 Å². The lowest BCUT2D eigenvalue weighted by Crippen LogP contribution is -2.19. The number of pyridine rings is 1. The van der Waals surface area contributed by atoms with Crippen LogP contribution >= 0.6 is 0 Å². The van der Waals surface area contributed by atoms with Crippen molar-refractivity contribution in [2.24, 2.45) is 4.99 Å².